The third kappa shape index (κ3) is 3.71. The Morgan fingerprint density at radius 2 is 1.85 bits per heavy atom. The number of carbonyl (C=O) groups is 2. The summed E-state index contributed by atoms with van der Waals surface area (Å²) in [7, 11) is -4.44. The number of anilines is 1. The van der Waals surface area contributed by atoms with Crippen LogP contribution in [0.25, 0.3) is 0 Å². The van der Waals surface area contributed by atoms with Crippen molar-refractivity contribution in [3.05, 3.63) is 53.6 Å². The molecule has 0 fully saturated rings. The molecule has 134 valence electrons. The zero-order chi connectivity index (χ0) is 18.9. The van der Waals surface area contributed by atoms with Gasteiger partial charge in [-0.05, 0) is 35.9 Å². The van der Waals surface area contributed by atoms with Gasteiger partial charge in [-0.3, -0.25) is 14.1 Å². The maximum Gasteiger partial charge on any atom is 0.294 e. The summed E-state index contributed by atoms with van der Waals surface area (Å²) >= 11 is 0. The van der Waals surface area contributed by atoms with Crippen LogP contribution in [0.4, 0.5) is 5.69 Å². The topological polar surface area (TPSA) is 145 Å². The second kappa shape index (κ2) is 6.58. The first-order chi connectivity index (χ1) is 12.2. The smallest absolute Gasteiger partial charge is 0.294 e. The predicted molar refractivity (Wildman–Crippen MR) is 91.4 cm³/mol. The molecule has 3 rings (SSSR count). The molecule has 26 heavy (non-hydrogen) atoms. The maximum absolute atomic E-state index is 12.0. The molecule has 0 saturated heterocycles. The molecular weight excluding hydrogens is 362 g/mol. The minimum Gasteiger partial charge on any atom is -0.508 e. The average molecular weight is 375 g/mol. The second-order valence-electron chi connectivity index (χ2n) is 5.48. The van der Waals surface area contributed by atoms with E-state index < -0.39 is 26.8 Å². The van der Waals surface area contributed by atoms with Gasteiger partial charge in [-0.2, -0.15) is 13.5 Å². The molecule has 2 aromatic rings. The minimum absolute atomic E-state index is 0.0312. The first-order valence-electron chi connectivity index (χ1n) is 7.32. The molecule has 2 amide bonds. The summed E-state index contributed by atoms with van der Waals surface area (Å²) < 4.78 is 31.6. The number of phenols is 1. The van der Waals surface area contributed by atoms with Crippen LogP contribution < -0.4 is 10.7 Å². The number of amides is 2. The molecule has 4 N–H and O–H groups in total. The van der Waals surface area contributed by atoms with Crippen LogP contribution in [0.2, 0.25) is 0 Å². The summed E-state index contributed by atoms with van der Waals surface area (Å²) in [6.45, 7) is 0. The van der Waals surface area contributed by atoms with Gasteiger partial charge in [0.05, 0.1) is 17.0 Å². The van der Waals surface area contributed by atoms with Crippen LogP contribution >= 0.6 is 0 Å². The van der Waals surface area contributed by atoms with E-state index in [2.05, 4.69) is 15.8 Å². The van der Waals surface area contributed by atoms with Crippen LogP contribution in [0.5, 0.6) is 5.75 Å². The van der Waals surface area contributed by atoms with Gasteiger partial charge in [-0.1, -0.05) is 12.1 Å². The molecule has 0 bridgehead atoms. The predicted octanol–water partition coefficient (Wildman–Crippen LogP) is 0.654. The van der Waals surface area contributed by atoms with Crippen LogP contribution in [0.15, 0.2) is 52.5 Å². The van der Waals surface area contributed by atoms with Crippen LogP contribution in [0.1, 0.15) is 11.1 Å². The number of carbonyl (C=O) groups excluding carboxylic acids is 2. The zero-order valence-corrected chi connectivity index (χ0v) is 13.9. The van der Waals surface area contributed by atoms with Crippen molar-refractivity contribution in [3.63, 3.8) is 0 Å². The van der Waals surface area contributed by atoms with Crippen LogP contribution in [-0.2, 0) is 26.1 Å². The molecule has 0 aromatic heterocycles. The standard InChI is InChI=1S/C16H13N3O6S/c20-10-3-1-9(2-4-10)7-14(21)18-19-15-12-8-11(26(23,24)25)5-6-13(12)17-16(15)22/h1-6,8,20H,7H2,(H,18,21)(H,17,19,22)(H,23,24,25). The number of rotatable bonds is 4. The highest BCUT2D eigenvalue weighted by molar-refractivity contribution is 7.85. The number of benzene rings is 2. The zero-order valence-electron chi connectivity index (χ0n) is 13.1. The molecule has 0 atom stereocenters. The van der Waals surface area contributed by atoms with E-state index in [1.165, 1.54) is 18.2 Å². The normalized spacial score (nSPS) is 14.8. The van der Waals surface area contributed by atoms with Gasteiger partial charge >= 0.3 is 0 Å². The Hall–Kier alpha value is -3.24. The van der Waals surface area contributed by atoms with Gasteiger partial charge in [-0.15, -0.1) is 0 Å². The number of nitrogens with zero attached hydrogens (tertiary/aromatic N) is 1. The number of fused-ring (bicyclic) bond motifs is 1. The summed E-state index contributed by atoms with van der Waals surface area (Å²) in [6, 6.07) is 9.56. The molecule has 1 aliphatic heterocycles. The molecule has 10 heteroatoms. The average Bonchev–Trinajstić information content (AvgIpc) is 2.88. The van der Waals surface area contributed by atoms with E-state index in [-0.39, 0.29) is 23.4 Å². The Bertz CT molecular complexity index is 1030. The highest BCUT2D eigenvalue weighted by Crippen LogP contribution is 2.26. The minimum atomic E-state index is -4.44. The number of aromatic hydroxyl groups is 1. The van der Waals surface area contributed by atoms with Crippen molar-refractivity contribution in [2.75, 3.05) is 5.32 Å². The van der Waals surface area contributed by atoms with Gasteiger partial charge in [0.2, 0.25) is 5.91 Å². The Kier molecular flexibility index (Phi) is 4.45. The molecule has 0 unspecified atom stereocenters. The van der Waals surface area contributed by atoms with Crippen molar-refractivity contribution in [3.8, 4) is 5.75 Å². The summed E-state index contributed by atoms with van der Waals surface area (Å²) in [6.07, 6.45) is -0.0312. The lowest BCUT2D eigenvalue weighted by Crippen LogP contribution is -2.24. The Labute approximate surface area is 148 Å². The van der Waals surface area contributed by atoms with Crippen molar-refractivity contribution < 1.29 is 27.7 Å². The summed E-state index contributed by atoms with van der Waals surface area (Å²) in [5, 5.41) is 15.5. The monoisotopic (exact) mass is 375 g/mol. The van der Waals surface area contributed by atoms with Gasteiger partial charge in [0.25, 0.3) is 16.0 Å². The van der Waals surface area contributed by atoms with Gasteiger partial charge < -0.3 is 10.4 Å². The molecule has 0 spiro atoms. The van der Waals surface area contributed by atoms with Gasteiger partial charge in [0.15, 0.2) is 5.71 Å². The molecule has 1 aliphatic rings. The Morgan fingerprint density at radius 1 is 1.15 bits per heavy atom. The van der Waals surface area contributed by atoms with Crippen molar-refractivity contribution in [1.82, 2.24) is 5.43 Å². The lowest BCUT2D eigenvalue weighted by atomic mass is 10.1. The van der Waals surface area contributed by atoms with Crippen LogP contribution in [0.3, 0.4) is 0 Å². The summed E-state index contributed by atoms with van der Waals surface area (Å²) in [5.74, 6) is -1.05. The van der Waals surface area contributed by atoms with E-state index in [4.69, 9.17) is 4.55 Å². The Morgan fingerprint density at radius 3 is 2.50 bits per heavy atom. The number of nitrogens with one attached hydrogen (secondary N) is 2. The second-order valence-corrected chi connectivity index (χ2v) is 6.90. The van der Waals surface area contributed by atoms with Crippen molar-refractivity contribution in [1.29, 1.82) is 0 Å². The third-order valence-corrected chi connectivity index (χ3v) is 4.45. The van der Waals surface area contributed by atoms with E-state index in [1.54, 1.807) is 12.1 Å². The lowest BCUT2D eigenvalue weighted by molar-refractivity contribution is -0.120. The van der Waals surface area contributed by atoms with E-state index in [9.17, 15) is 23.1 Å². The summed E-state index contributed by atoms with van der Waals surface area (Å²) in [4.78, 5) is 23.5. The largest absolute Gasteiger partial charge is 0.508 e. The molecule has 2 aromatic carbocycles. The van der Waals surface area contributed by atoms with Crippen molar-refractivity contribution in [2.45, 2.75) is 11.3 Å². The fraction of sp³-hybridized carbons (Fsp3) is 0.0625. The van der Waals surface area contributed by atoms with Crippen molar-refractivity contribution >= 4 is 33.3 Å². The molecule has 9 nitrogen and oxygen atoms in total. The summed E-state index contributed by atoms with van der Waals surface area (Å²) in [5.41, 5.74) is 3.15. The van der Waals surface area contributed by atoms with Crippen LogP contribution in [-0.4, -0.2) is 35.6 Å². The highest BCUT2D eigenvalue weighted by atomic mass is 32.2. The van der Waals surface area contributed by atoms with E-state index in [0.29, 0.717) is 11.3 Å². The lowest BCUT2D eigenvalue weighted by Gasteiger charge is -2.03. The molecule has 0 aliphatic carbocycles. The molecule has 0 saturated carbocycles. The number of hydrogen-bond acceptors (Lipinski definition) is 6. The van der Waals surface area contributed by atoms with Gasteiger partial charge in [-0.25, -0.2) is 5.43 Å². The first-order valence-corrected chi connectivity index (χ1v) is 8.76. The number of hydrazone groups is 1. The highest BCUT2D eigenvalue weighted by Gasteiger charge is 2.28. The molecule has 1 heterocycles. The van der Waals surface area contributed by atoms with Gasteiger partial charge in [0, 0.05) is 5.56 Å². The maximum atomic E-state index is 12.0. The SMILES string of the molecule is O=C(Cc1ccc(O)cc1)N/N=C1\C(=O)Nc2ccc(S(=O)(=O)O)cc21. The van der Waals surface area contributed by atoms with Crippen molar-refractivity contribution in [2.24, 2.45) is 5.10 Å². The van der Waals surface area contributed by atoms with Gasteiger partial charge in [0.1, 0.15) is 5.75 Å². The van der Waals surface area contributed by atoms with E-state index in [0.717, 1.165) is 12.1 Å². The van der Waals surface area contributed by atoms with Crippen LogP contribution in [0, 0.1) is 0 Å². The number of hydrogen-bond donors (Lipinski definition) is 4. The molecular formula is C16H13N3O6S. The number of phenolic OH excluding ortho intramolecular Hbond substituents is 1. The molecule has 0 radical (unpaired) electrons. The third-order valence-electron chi connectivity index (χ3n) is 3.60. The Balaban J connectivity index is 1.80. The fourth-order valence-electron chi connectivity index (χ4n) is 2.36. The fourth-order valence-corrected chi connectivity index (χ4v) is 2.87. The van der Waals surface area contributed by atoms with E-state index >= 15 is 0 Å². The quantitative estimate of drug-likeness (QED) is 0.456. The van der Waals surface area contributed by atoms with E-state index in [1.807, 2.05) is 0 Å². The first kappa shape index (κ1) is 17.6.